The minimum Gasteiger partial charge on any atom is -0.449 e. The quantitative estimate of drug-likeness (QED) is 0.595. The molecule has 1 heterocycles. The molecule has 1 aliphatic rings. The second-order valence-electron chi connectivity index (χ2n) is 7.41. The Balaban J connectivity index is 1.95. The number of ether oxygens (including phenoxy) is 1. The summed E-state index contributed by atoms with van der Waals surface area (Å²) in [5.74, 6) is -2.12. The Kier molecular flexibility index (Phi) is 6.17. The van der Waals surface area contributed by atoms with E-state index in [1.807, 2.05) is 0 Å². The summed E-state index contributed by atoms with van der Waals surface area (Å²) in [6.45, 7) is 6.61. The number of anilines is 1. The first-order chi connectivity index (χ1) is 13.0. The number of esters is 1. The minimum atomic E-state index is -1.19. The van der Waals surface area contributed by atoms with Crippen LogP contribution in [0, 0.1) is 0 Å². The summed E-state index contributed by atoms with van der Waals surface area (Å²) in [4.78, 5) is 60.4. The molecule has 1 aliphatic heterocycles. The fourth-order valence-corrected chi connectivity index (χ4v) is 2.48. The second-order valence-corrected chi connectivity index (χ2v) is 7.41. The van der Waals surface area contributed by atoms with Crippen LogP contribution in [-0.2, 0) is 19.1 Å². The van der Waals surface area contributed by atoms with Gasteiger partial charge >= 0.3 is 12.0 Å². The van der Waals surface area contributed by atoms with Gasteiger partial charge in [0, 0.05) is 18.4 Å². The molecule has 1 atom stereocenters. The fourth-order valence-electron chi connectivity index (χ4n) is 2.48. The fraction of sp³-hybridized carbons (Fsp3) is 0.421. The van der Waals surface area contributed by atoms with Crippen molar-refractivity contribution in [3.8, 4) is 0 Å². The van der Waals surface area contributed by atoms with Crippen LogP contribution in [0.15, 0.2) is 24.3 Å². The minimum absolute atomic E-state index is 0.140. The number of imide groups is 2. The Labute approximate surface area is 162 Å². The van der Waals surface area contributed by atoms with Gasteiger partial charge in [0.05, 0.1) is 11.3 Å². The SMILES string of the molecule is CC(OC(=O)c1ccc(N2C(=O)CCC2=O)cc1)C(=O)NC(=O)NC(C)(C)C. The van der Waals surface area contributed by atoms with Gasteiger partial charge in [-0.25, -0.2) is 9.59 Å². The van der Waals surface area contributed by atoms with Crippen LogP contribution in [0.25, 0.3) is 0 Å². The predicted octanol–water partition coefficient (Wildman–Crippen LogP) is 1.51. The zero-order valence-electron chi connectivity index (χ0n) is 16.2. The second kappa shape index (κ2) is 8.20. The molecule has 0 spiro atoms. The highest BCUT2D eigenvalue weighted by Gasteiger charge is 2.30. The summed E-state index contributed by atoms with van der Waals surface area (Å²) in [6.07, 6.45) is -0.865. The highest BCUT2D eigenvalue weighted by Crippen LogP contribution is 2.23. The van der Waals surface area contributed by atoms with Crippen molar-refractivity contribution in [1.82, 2.24) is 10.6 Å². The number of nitrogens with one attached hydrogen (secondary N) is 2. The summed E-state index contributed by atoms with van der Waals surface area (Å²) in [7, 11) is 0. The summed E-state index contributed by atoms with van der Waals surface area (Å²) in [5.41, 5.74) is -0.0141. The topological polar surface area (TPSA) is 122 Å². The third-order valence-corrected chi connectivity index (χ3v) is 3.79. The van der Waals surface area contributed by atoms with Crippen molar-refractivity contribution in [2.75, 3.05) is 4.90 Å². The van der Waals surface area contributed by atoms with Crippen LogP contribution in [0.1, 0.15) is 50.9 Å². The van der Waals surface area contributed by atoms with Gasteiger partial charge in [-0.1, -0.05) is 0 Å². The maximum atomic E-state index is 12.2. The summed E-state index contributed by atoms with van der Waals surface area (Å²) >= 11 is 0. The standard InChI is InChI=1S/C19H23N3O6/c1-11(16(25)20-18(27)21-19(2,3)4)28-17(26)12-5-7-13(8-6-12)22-14(23)9-10-15(22)24/h5-8,11H,9-10H2,1-4H3,(H2,20,21,25,27). The van der Waals surface area contributed by atoms with Gasteiger partial charge in [0.2, 0.25) is 11.8 Å². The van der Waals surface area contributed by atoms with Crippen LogP contribution < -0.4 is 15.5 Å². The van der Waals surface area contributed by atoms with E-state index in [9.17, 15) is 24.0 Å². The maximum Gasteiger partial charge on any atom is 0.338 e. The van der Waals surface area contributed by atoms with E-state index in [4.69, 9.17) is 4.74 Å². The monoisotopic (exact) mass is 389 g/mol. The van der Waals surface area contributed by atoms with E-state index in [0.29, 0.717) is 5.69 Å². The van der Waals surface area contributed by atoms with Gasteiger partial charge in [0.15, 0.2) is 6.10 Å². The van der Waals surface area contributed by atoms with E-state index in [2.05, 4.69) is 10.6 Å². The van der Waals surface area contributed by atoms with E-state index in [-0.39, 0.29) is 30.2 Å². The van der Waals surface area contributed by atoms with E-state index in [1.54, 1.807) is 20.8 Å². The molecule has 1 aromatic carbocycles. The highest BCUT2D eigenvalue weighted by atomic mass is 16.5. The Hall–Kier alpha value is -3.23. The summed E-state index contributed by atoms with van der Waals surface area (Å²) < 4.78 is 5.06. The van der Waals surface area contributed by atoms with Gasteiger partial charge in [-0.3, -0.25) is 24.6 Å². The number of benzene rings is 1. The Bertz CT molecular complexity index is 794. The van der Waals surface area contributed by atoms with Gasteiger partial charge in [0.25, 0.3) is 5.91 Å². The molecule has 2 N–H and O–H groups in total. The smallest absolute Gasteiger partial charge is 0.338 e. The average molecular weight is 389 g/mol. The lowest BCUT2D eigenvalue weighted by atomic mass is 10.1. The van der Waals surface area contributed by atoms with E-state index in [1.165, 1.54) is 31.2 Å². The largest absolute Gasteiger partial charge is 0.449 e. The molecule has 5 amide bonds. The number of nitrogens with zero attached hydrogens (tertiary/aromatic N) is 1. The van der Waals surface area contributed by atoms with Crippen molar-refractivity contribution >= 4 is 35.4 Å². The summed E-state index contributed by atoms with van der Waals surface area (Å²) in [5, 5.41) is 4.66. The molecule has 1 unspecified atom stereocenters. The third kappa shape index (κ3) is 5.38. The lowest BCUT2D eigenvalue weighted by Crippen LogP contribution is -2.50. The van der Waals surface area contributed by atoms with Crippen LogP contribution in [0.5, 0.6) is 0 Å². The zero-order chi connectivity index (χ0) is 21.1. The van der Waals surface area contributed by atoms with Gasteiger partial charge in [0.1, 0.15) is 0 Å². The lowest BCUT2D eigenvalue weighted by molar-refractivity contribution is -0.128. The molecule has 0 aromatic heterocycles. The number of urea groups is 1. The van der Waals surface area contributed by atoms with Gasteiger partial charge in [-0.05, 0) is 52.0 Å². The molecular formula is C19H23N3O6. The van der Waals surface area contributed by atoms with Crippen molar-refractivity contribution in [1.29, 1.82) is 0 Å². The number of carbonyl (C=O) groups excluding carboxylic acids is 5. The molecule has 2 rings (SSSR count). The van der Waals surface area contributed by atoms with Crippen molar-refractivity contribution < 1.29 is 28.7 Å². The molecule has 1 aromatic rings. The Morgan fingerprint density at radius 2 is 1.57 bits per heavy atom. The molecule has 1 saturated heterocycles. The molecule has 28 heavy (non-hydrogen) atoms. The Morgan fingerprint density at radius 1 is 1.04 bits per heavy atom. The molecule has 0 bridgehead atoms. The van der Waals surface area contributed by atoms with Crippen LogP contribution in [0.2, 0.25) is 0 Å². The van der Waals surface area contributed by atoms with Gasteiger partial charge < -0.3 is 10.1 Å². The third-order valence-electron chi connectivity index (χ3n) is 3.79. The van der Waals surface area contributed by atoms with E-state index < -0.39 is 29.6 Å². The number of rotatable bonds is 4. The number of carbonyl (C=O) groups is 5. The molecule has 9 heteroatoms. The van der Waals surface area contributed by atoms with Gasteiger partial charge in [-0.2, -0.15) is 0 Å². The first-order valence-electron chi connectivity index (χ1n) is 8.78. The first kappa shape index (κ1) is 21.1. The first-order valence-corrected chi connectivity index (χ1v) is 8.78. The average Bonchev–Trinajstić information content (AvgIpc) is 2.91. The molecule has 0 radical (unpaired) electrons. The summed E-state index contributed by atoms with van der Waals surface area (Å²) in [6, 6.07) is 5.02. The number of hydrogen-bond acceptors (Lipinski definition) is 6. The molecule has 9 nitrogen and oxygen atoms in total. The maximum absolute atomic E-state index is 12.2. The highest BCUT2D eigenvalue weighted by molar-refractivity contribution is 6.19. The number of amides is 5. The number of hydrogen-bond donors (Lipinski definition) is 2. The molecular weight excluding hydrogens is 366 g/mol. The van der Waals surface area contributed by atoms with Crippen LogP contribution in [0.4, 0.5) is 10.5 Å². The van der Waals surface area contributed by atoms with Crippen molar-refractivity contribution in [3.05, 3.63) is 29.8 Å². The van der Waals surface area contributed by atoms with E-state index >= 15 is 0 Å². The van der Waals surface area contributed by atoms with Crippen LogP contribution in [0.3, 0.4) is 0 Å². The molecule has 0 saturated carbocycles. The molecule has 0 aliphatic carbocycles. The van der Waals surface area contributed by atoms with Crippen molar-refractivity contribution in [2.24, 2.45) is 0 Å². The zero-order valence-corrected chi connectivity index (χ0v) is 16.2. The van der Waals surface area contributed by atoms with Gasteiger partial charge in [-0.15, -0.1) is 0 Å². The van der Waals surface area contributed by atoms with E-state index in [0.717, 1.165) is 4.90 Å². The predicted molar refractivity (Wildman–Crippen MR) is 99.5 cm³/mol. The van der Waals surface area contributed by atoms with Crippen LogP contribution >= 0.6 is 0 Å². The van der Waals surface area contributed by atoms with Crippen molar-refractivity contribution in [3.63, 3.8) is 0 Å². The van der Waals surface area contributed by atoms with Crippen LogP contribution in [-0.4, -0.2) is 41.4 Å². The lowest BCUT2D eigenvalue weighted by Gasteiger charge is -2.21. The molecule has 150 valence electrons. The normalized spacial score (nSPS) is 15.2. The Morgan fingerprint density at radius 3 is 2.07 bits per heavy atom. The molecule has 1 fully saturated rings. The van der Waals surface area contributed by atoms with Crippen molar-refractivity contribution in [2.45, 2.75) is 52.2 Å².